The maximum atomic E-state index is 11.1. The van der Waals surface area contributed by atoms with Crippen LogP contribution in [-0.2, 0) is 6.61 Å². The quantitative estimate of drug-likeness (QED) is 0.678. The molecule has 0 radical (unpaired) electrons. The highest BCUT2D eigenvalue weighted by Gasteiger charge is 2.27. The number of aliphatic hydroxyl groups excluding tert-OH is 1. The normalized spacial score (nSPS) is 26.2. The monoisotopic (exact) mass is 279 g/mol. The van der Waals surface area contributed by atoms with Gasteiger partial charge in [0.05, 0.1) is 17.6 Å². The summed E-state index contributed by atoms with van der Waals surface area (Å²) in [5.74, 6) is 1.42. The number of ether oxygens (including phenoxy) is 1. The summed E-state index contributed by atoms with van der Waals surface area (Å²) in [5, 5.41) is 20.2. The zero-order valence-corrected chi connectivity index (χ0v) is 11.9. The van der Waals surface area contributed by atoms with Crippen molar-refractivity contribution in [2.75, 3.05) is 0 Å². The van der Waals surface area contributed by atoms with E-state index in [1.54, 1.807) is 12.1 Å². The van der Waals surface area contributed by atoms with E-state index < -0.39 is 4.92 Å². The van der Waals surface area contributed by atoms with Crippen LogP contribution in [0.15, 0.2) is 18.2 Å². The van der Waals surface area contributed by atoms with Crippen molar-refractivity contribution in [3.63, 3.8) is 0 Å². The van der Waals surface area contributed by atoms with Crippen molar-refractivity contribution in [1.29, 1.82) is 0 Å². The van der Waals surface area contributed by atoms with Crippen LogP contribution in [0, 0.1) is 22.0 Å². The fraction of sp³-hybridized carbons (Fsp3) is 0.600. The third-order valence-electron chi connectivity index (χ3n) is 3.83. The molecule has 1 saturated carbocycles. The Balaban J connectivity index is 2.20. The molecule has 1 aliphatic carbocycles. The number of nitro groups is 1. The Morgan fingerprint density at radius 2 is 1.95 bits per heavy atom. The lowest BCUT2D eigenvalue weighted by Crippen LogP contribution is -2.28. The summed E-state index contributed by atoms with van der Waals surface area (Å²) in [6.45, 7) is 4.22. The number of aliphatic hydroxyl groups is 1. The van der Waals surface area contributed by atoms with Crippen LogP contribution in [-0.4, -0.2) is 16.1 Å². The molecule has 0 aliphatic heterocycles. The Bertz CT molecular complexity index is 479. The first-order valence-corrected chi connectivity index (χ1v) is 7.04. The minimum atomic E-state index is -0.438. The minimum Gasteiger partial charge on any atom is -0.483 e. The summed E-state index contributed by atoms with van der Waals surface area (Å²) in [5.41, 5.74) is 0.593. The highest BCUT2D eigenvalue weighted by atomic mass is 16.6. The van der Waals surface area contributed by atoms with Crippen molar-refractivity contribution in [1.82, 2.24) is 0 Å². The van der Waals surface area contributed by atoms with Crippen LogP contribution in [0.4, 0.5) is 5.69 Å². The second kappa shape index (κ2) is 6.22. The van der Waals surface area contributed by atoms with Gasteiger partial charge in [0.2, 0.25) is 0 Å². The number of hydrogen-bond donors (Lipinski definition) is 1. The molecule has 0 aromatic heterocycles. The molecule has 1 N–H and O–H groups in total. The van der Waals surface area contributed by atoms with E-state index in [0.717, 1.165) is 12.8 Å². The maximum Gasteiger partial charge on any atom is 0.310 e. The predicted molar refractivity (Wildman–Crippen MR) is 75.6 cm³/mol. The van der Waals surface area contributed by atoms with Gasteiger partial charge in [-0.15, -0.1) is 0 Å². The average molecular weight is 279 g/mol. The summed E-state index contributed by atoms with van der Waals surface area (Å²) in [6, 6.07) is 4.52. The summed E-state index contributed by atoms with van der Waals surface area (Å²) in [7, 11) is 0. The Hall–Kier alpha value is -1.62. The van der Waals surface area contributed by atoms with Crippen LogP contribution >= 0.6 is 0 Å². The molecule has 20 heavy (non-hydrogen) atoms. The molecule has 110 valence electrons. The van der Waals surface area contributed by atoms with Crippen LogP contribution in [0.1, 0.15) is 38.7 Å². The number of benzene rings is 1. The van der Waals surface area contributed by atoms with Crippen molar-refractivity contribution in [2.24, 2.45) is 11.8 Å². The van der Waals surface area contributed by atoms with Crippen LogP contribution in [0.3, 0.4) is 0 Å². The SMILES string of the molecule is CC1CC(C)CC(Oc2cc(CO)ccc2[N+](=O)[O-])C1. The third kappa shape index (κ3) is 3.48. The molecule has 0 heterocycles. The highest BCUT2D eigenvalue weighted by Crippen LogP contribution is 2.35. The molecule has 2 rings (SSSR count). The van der Waals surface area contributed by atoms with Crippen molar-refractivity contribution in [3.8, 4) is 5.75 Å². The lowest BCUT2D eigenvalue weighted by molar-refractivity contribution is -0.386. The number of nitro benzene ring substituents is 1. The van der Waals surface area contributed by atoms with Gasteiger partial charge in [0.1, 0.15) is 0 Å². The first-order valence-electron chi connectivity index (χ1n) is 7.04. The molecule has 0 bridgehead atoms. The second-order valence-electron chi connectivity index (χ2n) is 5.87. The second-order valence-corrected chi connectivity index (χ2v) is 5.87. The van der Waals surface area contributed by atoms with Gasteiger partial charge in [-0.3, -0.25) is 10.1 Å². The molecule has 2 atom stereocenters. The maximum absolute atomic E-state index is 11.1. The molecule has 0 amide bonds. The van der Waals surface area contributed by atoms with Gasteiger partial charge >= 0.3 is 5.69 Å². The fourth-order valence-corrected chi connectivity index (χ4v) is 3.05. The van der Waals surface area contributed by atoms with E-state index in [0.29, 0.717) is 17.4 Å². The smallest absolute Gasteiger partial charge is 0.310 e. The molecule has 1 aromatic rings. The average Bonchev–Trinajstić information content (AvgIpc) is 2.37. The molecule has 5 heteroatoms. The van der Waals surface area contributed by atoms with Crippen LogP contribution in [0.25, 0.3) is 0 Å². The van der Waals surface area contributed by atoms with Gasteiger partial charge in [-0.25, -0.2) is 0 Å². The molecular formula is C15H21NO4. The largest absolute Gasteiger partial charge is 0.483 e. The van der Waals surface area contributed by atoms with Crippen molar-refractivity contribution in [2.45, 2.75) is 45.8 Å². The molecule has 1 fully saturated rings. The summed E-state index contributed by atoms with van der Waals surface area (Å²) < 4.78 is 5.88. The zero-order chi connectivity index (χ0) is 14.7. The van der Waals surface area contributed by atoms with E-state index in [4.69, 9.17) is 9.84 Å². The van der Waals surface area contributed by atoms with Gasteiger partial charge in [-0.2, -0.15) is 0 Å². The molecule has 5 nitrogen and oxygen atoms in total. The topological polar surface area (TPSA) is 72.6 Å². The Kier molecular flexibility index (Phi) is 4.60. The standard InChI is InChI=1S/C15H21NO4/c1-10-5-11(2)7-13(6-10)20-15-8-12(9-17)3-4-14(15)16(18)19/h3-4,8,10-11,13,17H,5-7,9H2,1-2H3. The van der Waals surface area contributed by atoms with E-state index >= 15 is 0 Å². The van der Waals surface area contributed by atoms with Gasteiger partial charge in [-0.1, -0.05) is 13.8 Å². The van der Waals surface area contributed by atoms with Crippen molar-refractivity contribution >= 4 is 5.69 Å². The molecule has 0 spiro atoms. The molecule has 1 aliphatic rings. The summed E-state index contributed by atoms with van der Waals surface area (Å²) in [4.78, 5) is 10.6. The molecule has 2 unspecified atom stereocenters. The molecular weight excluding hydrogens is 258 g/mol. The number of nitrogens with zero attached hydrogens (tertiary/aromatic N) is 1. The van der Waals surface area contributed by atoms with Gasteiger partial charge in [0.25, 0.3) is 0 Å². The Morgan fingerprint density at radius 3 is 2.50 bits per heavy atom. The van der Waals surface area contributed by atoms with Crippen molar-refractivity contribution < 1.29 is 14.8 Å². The summed E-state index contributed by atoms with van der Waals surface area (Å²) in [6.07, 6.45) is 3.04. The van der Waals surface area contributed by atoms with Gasteiger partial charge in [0, 0.05) is 6.07 Å². The van der Waals surface area contributed by atoms with Gasteiger partial charge in [0.15, 0.2) is 5.75 Å². The number of rotatable bonds is 4. The van der Waals surface area contributed by atoms with Crippen molar-refractivity contribution in [3.05, 3.63) is 33.9 Å². The third-order valence-corrected chi connectivity index (χ3v) is 3.83. The Morgan fingerprint density at radius 1 is 1.30 bits per heavy atom. The van der Waals surface area contributed by atoms with Gasteiger partial charge < -0.3 is 9.84 Å². The van der Waals surface area contributed by atoms with Crippen LogP contribution in [0.5, 0.6) is 5.75 Å². The Labute approximate surface area is 118 Å². The van der Waals surface area contributed by atoms with E-state index in [9.17, 15) is 10.1 Å². The molecule has 0 saturated heterocycles. The lowest BCUT2D eigenvalue weighted by Gasteiger charge is -2.31. The predicted octanol–water partition coefficient (Wildman–Crippen LogP) is 3.29. The molecule has 1 aromatic carbocycles. The number of hydrogen-bond acceptors (Lipinski definition) is 4. The first-order chi connectivity index (χ1) is 9.49. The minimum absolute atomic E-state index is 0.0152. The van der Waals surface area contributed by atoms with E-state index in [1.807, 2.05) is 0 Å². The van der Waals surface area contributed by atoms with E-state index in [-0.39, 0.29) is 24.1 Å². The zero-order valence-electron chi connectivity index (χ0n) is 11.9. The first kappa shape index (κ1) is 14.8. The summed E-state index contributed by atoms with van der Waals surface area (Å²) >= 11 is 0. The highest BCUT2D eigenvalue weighted by molar-refractivity contribution is 5.48. The van der Waals surface area contributed by atoms with Gasteiger partial charge in [-0.05, 0) is 48.8 Å². The fourth-order valence-electron chi connectivity index (χ4n) is 3.05. The van der Waals surface area contributed by atoms with E-state index in [1.165, 1.54) is 12.5 Å². The lowest BCUT2D eigenvalue weighted by atomic mass is 9.82. The van der Waals surface area contributed by atoms with Crippen LogP contribution in [0.2, 0.25) is 0 Å². The van der Waals surface area contributed by atoms with E-state index in [2.05, 4.69) is 13.8 Å². The van der Waals surface area contributed by atoms with Crippen LogP contribution < -0.4 is 4.74 Å².